The Bertz CT molecular complexity index is 1060. The van der Waals surface area contributed by atoms with Crippen LogP contribution in [0.4, 0.5) is 0 Å². The summed E-state index contributed by atoms with van der Waals surface area (Å²) in [6, 6.07) is -2.44. The van der Waals surface area contributed by atoms with Crippen molar-refractivity contribution in [2.75, 3.05) is 20.6 Å². The molecule has 4 atom stereocenters. The number of ketones is 1. The van der Waals surface area contributed by atoms with E-state index in [-0.39, 0.29) is 36.9 Å². The summed E-state index contributed by atoms with van der Waals surface area (Å²) in [7, 11) is -1.37. The van der Waals surface area contributed by atoms with E-state index in [0.29, 0.717) is 0 Å². The lowest BCUT2D eigenvalue weighted by molar-refractivity contribution is -0.185. The summed E-state index contributed by atoms with van der Waals surface area (Å²) in [5.41, 5.74) is -3.64. The Morgan fingerprint density at radius 1 is 1.65 bits per heavy atom. The zero-order valence-corrected chi connectivity index (χ0v) is 12.5. The number of benzene rings is 1. The molecule has 0 aromatic heterocycles. The Kier molecular flexibility index (Phi) is 1.34. The maximum Gasteiger partial charge on any atom is 0.211 e. The van der Waals surface area contributed by atoms with Crippen molar-refractivity contribution in [3.8, 4) is 11.5 Å². The summed E-state index contributed by atoms with van der Waals surface area (Å²) in [5.74, 6) is -1.64. The molecular weight excluding hydrogens is 294 g/mol. The number of likely N-dealkylation sites (tertiary alicyclic amines) is 1. The summed E-state index contributed by atoms with van der Waals surface area (Å²) in [5, 5.41) is 5.29. The van der Waals surface area contributed by atoms with Crippen molar-refractivity contribution in [1.82, 2.24) is 4.90 Å². The highest BCUT2D eigenvalue weighted by molar-refractivity contribution is 5.90. The quantitative estimate of drug-likeness (QED) is 0.881. The van der Waals surface area contributed by atoms with Crippen LogP contribution in [0, 0.1) is 0 Å². The molecule has 1 unspecified atom stereocenters. The Labute approximate surface area is 147 Å². The first-order valence-corrected chi connectivity index (χ1v) is 7.63. The first kappa shape index (κ1) is 7.53. The van der Waals surface area contributed by atoms with Crippen LogP contribution in [-0.4, -0.2) is 55.6 Å². The van der Waals surface area contributed by atoms with Gasteiger partial charge in [-0.15, -0.1) is 0 Å². The molecule has 2 heterocycles. The fourth-order valence-corrected chi connectivity index (χ4v) is 4.79. The highest BCUT2D eigenvalue weighted by atomic mass is 16.5. The van der Waals surface area contributed by atoms with Gasteiger partial charge in [0.05, 0.1) is 26.3 Å². The number of hydrogen-bond donors (Lipinski definition) is 1. The lowest BCUT2D eigenvalue weighted by Crippen LogP contribution is -2.76. The number of aliphatic hydroxyl groups is 1. The van der Waals surface area contributed by atoms with Crippen LogP contribution in [0.15, 0.2) is 12.1 Å². The minimum Gasteiger partial charge on any atom is -0.493 e. The van der Waals surface area contributed by atoms with Gasteiger partial charge in [0.25, 0.3) is 0 Å². The van der Waals surface area contributed by atoms with E-state index in [4.69, 9.17) is 27.0 Å². The first-order chi connectivity index (χ1) is 14.7. The summed E-state index contributed by atoms with van der Waals surface area (Å²) < 4.78 is 85.4. The fraction of sp³-hybridized carbons (Fsp3) is 0.611. The summed E-state index contributed by atoms with van der Waals surface area (Å²) in [4.78, 5) is 14.8. The van der Waals surface area contributed by atoms with Gasteiger partial charge < -0.3 is 19.5 Å². The van der Waals surface area contributed by atoms with Crippen LogP contribution in [0.3, 0.4) is 0 Å². The van der Waals surface area contributed by atoms with Crippen LogP contribution in [0.2, 0.25) is 0 Å². The van der Waals surface area contributed by atoms with Crippen LogP contribution in [0.25, 0.3) is 0 Å². The Morgan fingerprint density at radius 3 is 3.39 bits per heavy atom. The molecule has 1 spiro atoms. The molecule has 1 aromatic carbocycles. The second kappa shape index (κ2) is 4.08. The number of piperidine rings is 1. The number of ether oxygens (including phenoxy) is 2. The Balaban J connectivity index is 1.98. The number of carbonyl (C=O) groups excluding carboxylic acids is 1. The van der Waals surface area contributed by atoms with Gasteiger partial charge in [0.1, 0.15) is 0 Å². The maximum absolute atomic E-state index is 13.1. The summed E-state index contributed by atoms with van der Waals surface area (Å²) in [6.45, 7) is 0.247. The lowest BCUT2D eigenvalue weighted by atomic mass is 9.49. The van der Waals surface area contributed by atoms with Crippen LogP contribution in [0.5, 0.6) is 11.5 Å². The molecule has 122 valence electrons. The minimum absolute atomic E-state index is 0.0435. The number of hydrogen-bond acceptors (Lipinski definition) is 5. The van der Waals surface area contributed by atoms with E-state index in [1.807, 2.05) is 0 Å². The average Bonchev–Trinajstić information content (AvgIpc) is 2.95. The van der Waals surface area contributed by atoms with Crippen molar-refractivity contribution in [2.45, 2.75) is 48.8 Å². The standard InChI is InChI=1S/C18H21NO4/c1-19-8-7-17-14-10-3-4-12(22-2)15(14)23-16(17)11(20)5-6-18(17,21)13(19)9-10/h3-4,13,16,21H,5-9H2,1-2H3/t13-,16?,17+,18-/m1/s1/i2D3,3D,4D,9D2,16D,21D. The Hall–Kier alpha value is -1.59. The van der Waals surface area contributed by atoms with E-state index in [1.54, 1.807) is 11.9 Å². The summed E-state index contributed by atoms with van der Waals surface area (Å²) in [6.07, 6.45) is -4.84. The summed E-state index contributed by atoms with van der Waals surface area (Å²) >= 11 is 0. The molecular formula is C18H21NO4. The molecule has 2 aliphatic carbocycles. The number of methoxy groups -OCH3 is 1. The number of nitrogens with zero attached hydrogens (tertiary/aromatic N) is 1. The molecule has 5 heteroatoms. The molecule has 2 aliphatic heterocycles. The first-order valence-electron chi connectivity index (χ1n) is 12.0. The van der Waals surface area contributed by atoms with Crippen molar-refractivity contribution in [1.29, 1.82) is 1.43 Å². The zero-order valence-electron chi connectivity index (χ0n) is 21.5. The van der Waals surface area contributed by atoms with Gasteiger partial charge in [-0.1, -0.05) is 6.04 Å². The van der Waals surface area contributed by atoms with E-state index < -0.39 is 65.9 Å². The van der Waals surface area contributed by atoms with Crippen molar-refractivity contribution >= 4 is 5.78 Å². The normalized spacial score (nSPS) is 52.1. The molecule has 1 aromatic rings. The van der Waals surface area contributed by atoms with Gasteiger partial charge in [0, 0.05) is 20.8 Å². The third-order valence-electron chi connectivity index (χ3n) is 5.81. The van der Waals surface area contributed by atoms with Gasteiger partial charge >= 0.3 is 0 Å². The van der Waals surface area contributed by atoms with Gasteiger partial charge in [0.2, 0.25) is 1.43 Å². The average molecular weight is 324 g/mol. The predicted molar refractivity (Wildman–Crippen MR) is 83.0 cm³/mol. The number of rotatable bonds is 2. The van der Waals surface area contributed by atoms with Gasteiger partial charge in [0.15, 0.2) is 23.4 Å². The number of carbonyl (C=O) groups is 1. The van der Waals surface area contributed by atoms with Crippen molar-refractivity contribution < 1.29 is 30.3 Å². The highest BCUT2D eigenvalue weighted by Crippen LogP contribution is 2.64. The monoisotopic (exact) mass is 324 g/mol. The van der Waals surface area contributed by atoms with Crippen LogP contribution >= 0.6 is 0 Å². The molecule has 1 saturated carbocycles. The van der Waals surface area contributed by atoms with Crippen molar-refractivity contribution in [3.05, 3.63) is 23.2 Å². The smallest absolute Gasteiger partial charge is 0.211 e. The second-order valence-electron chi connectivity index (χ2n) is 6.69. The SMILES string of the molecule is [2H]O[C@@]12CCC(=O)C3([2H])Oc4c(OC([2H])([2H])[2H])c([2H])c([2H])c5c4[C@@]31CCN(C)[C@@H]2C5([2H])[2H]. The number of likely N-dealkylation sites (N-methyl/N-ethyl adjacent to an activating group) is 1. The fourth-order valence-electron chi connectivity index (χ4n) is 4.79. The molecule has 1 N–H and O–H groups in total. The van der Waals surface area contributed by atoms with E-state index >= 15 is 0 Å². The molecule has 0 radical (unpaired) electrons. The molecule has 5 rings (SSSR count). The zero-order chi connectivity index (χ0) is 23.6. The largest absolute Gasteiger partial charge is 0.493 e. The number of Topliss-reactive ketones (excluding diaryl/α,β-unsaturated/α-hetero) is 1. The topological polar surface area (TPSA) is 59.0 Å². The van der Waals surface area contributed by atoms with E-state index in [0.717, 1.165) is 0 Å². The maximum atomic E-state index is 13.1. The third-order valence-corrected chi connectivity index (χ3v) is 5.81. The third kappa shape index (κ3) is 1.32. The van der Waals surface area contributed by atoms with Crippen molar-refractivity contribution in [2.24, 2.45) is 0 Å². The van der Waals surface area contributed by atoms with Gasteiger partial charge in [-0.25, -0.2) is 0 Å². The molecule has 5 nitrogen and oxygen atoms in total. The molecule has 1 saturated heterocycles. The minimum atomic E-state index is -3.02. The lowest BCUT2D eigenvalue weighted by Gasteiger charge is -2.62. The predicted octanol–water partition coefficient (Wildman–Crippen LogP) is 1.05. The van der Waals surface area contributed by atoms with Gasteiger partial charge in [-0.2, -0.15) is 0 Å². The Morgan fingerprint density at radius 2 is 2.57 bits per heavy atom. The van der Waals surface area contributed by atoms with E-state index in [9.17, 15) is 4.79 Å². The van der Waals surface area contributed by atoms with Crippen LogP contribution in [-0.2, 0) is 16.6 Å². The van der Waals surface area contributed by atoms with Crippen molar-refractivity contribution in [3.63, 3.8) is 0 Å². The van der Waals surface area contributed by atoms with Gasteiger partial charge in [-0.05, 0) is 44.4 Å². The molecule has 2 bridgehead atoms. The molecule has 4 aliphatic rings. The van der Waals surface area contributed by atoms with Crippen LogP contribution < -0.4 is 9.47 Å². The van der Waals surface area contributed by atoms with Crippen LogP contribution in [0.1, 0.15) is 41.4 Å². The van der Waals surface area contributed by atoms with E-state index in [1.165, 1.54) is 0 Å². The highest BCUT2D eigenvalue weighted by Gasteiger charge is 2.72. The van der Waals surface area contributed by atoms with E-state index in [2.05, 4.69) is 0 Å². The molecule has 23 heavy (non-hydrogen) atoms. The molecule has 0 amide bonds. The van der Waals surface area contributed by atoms with Gasteiger partial charge in [-0.3, -0.25) is 4.79 Å². The second-order valence-corrected chi connectivity index (χ2v) is 6.69. The molecule has 2 fully saturated rings.